The minimum absolute atomic E-state index is 0.793. The zero-order valence-corrected chi connectivity index (χ0v) is 11.8. The first kappa shape index (κ1) is 12.4. The number of aromatic nitrogens is 1. The molecular formula is C16H15ClN2. The van der Waals surface area contributed by atoms with Crippen molar-refractivity contribution in [2.75, 3.05) is 14.1 Å². The Morgan fingerprint density at radius 3 is 2.53 bits per heavy atom. The lowest BCUT2D eigenvalue weighted by Crippen LogP contribution is -2.11. The van der Waals surface area contributed by atoms with Crippen LogP contribution in [0.4, 0.5) is 0 Å². The normalized spacial score (nSPS) is 11.6. The summed E-state index contributed by atoms with van der Waals surface area (Å²) in [6.45, 7) is 0.860. The van der Waals surface area contributed by atoms with E-state index >= 15 is 0 Å². The van der Waals surface area contributed by atoms with Crippen molar-refractivity contribution < 1.29 is 0 Å². The van der Waals surface area contributed by atoms with Crippen LogP contribution in [0.1, 0.15) is 5.56 Å². The van der Waals surface area contributed by atoms with E-state index in [1.54, 1.807) is 0 Å². The molecule has 96 valence electrons. The fourth-order valence-electron chi connectivity index (χ4n) is 2.39. The second kappa shape index (κ2) is 4.80. The first-order chi connectivity index (χ1) is 9.16. The molecular weight excluding hydrogens is 256 g/mol. The molecule has 0 atom stereocenters. The minimum atomic E-state index is 0.793. The van der Waals surface area contributed by atoms with Gasteiger partial charge in [0.25, 0.3) is 0 Å². The molecule has 0 unspecified atom stereocenters. The molecule has 0 N–H and O–H groups in total. The number of fused-ring (bicyclic) bond motifs is 2. The lowest BCUT2D eigenvalue weighted by atomic mass is 10.1. The van der Waals surface area contributed by atoms with Crippen LogP contribution in [0.3, 0.4) is 0 Å². The number of pyridine rings is 1. The third-order valence-electron chi connectivity index (χ3n) is 3.22. The summed E-state index contributed by atoms with van der Waals surface area (Å²) in [7, 11) is 4.11. The van der Waals surface area contributed by atoms with Gasteiger partial charge < -0.3 is 4.90 Å². The van der Waals surface area contributed by atoms with Crippen molar-refractivity contribution in [1.82, 2.24) is 9.88 Å². The van der Waals surface area contributed by atoms with E-state index in [0.717, 1.165) is 33.4 Å². The molecule has 0 aliphatic carbocycles. The van der Waals surface area contributed by atoms with E-state index in [1.807, 2.05) is 36.4 Å². The monoisotopic (exact) mass is 270 g/mol. The Morgan fingerprint density at radius 2 is 1.74 bits per heavy atom. The van der Waals surface area contributed by atoms with E-state index in [2.05, 4.69) is 25.1 Å². The molecule has 3 aromatic rings. The molecule has 3 rings (SSSR count). The summed E-state index contributed by atoms with van der Waals surface area (Å²) in [5.41, 5.74) is 3.15. The van der Waals surface area contributed by atoms with Crippen LogP contribution in [0.25, 0.3) is 21.8 Å². The molecule has 0 fully saturated rings. The van der Waals surface area contributed by atoms with Gasteiger partial charge in [0.05, 0.1) is 16.1 Å². The van der Waals surface area contributed by atoms with Crippen molar-refractivity contribution in [3.8, 4) is 0 Å². The second-order valence-corrected chi connectivity index (χ2v) is 5.37. The maximum absolute atomic E-state index is 6.53. The zero-order valence-electron chi connectivity index (χ0n) is 11.0. The van der Waals surface area contributed by atoms with Crippen molar-refractivity contribution in [2.24, 2.45) is 0 Å². The average Bonchev–Trinajstić information content (AvgIpc) is 2.40. The lowest BCUT2D eigenvalue weighted by molar-refractivity contribution is 0.404. The third-order valence-corrected chi connectivity index (χ3v) is 3.62. The number of rotatable bonds is 2. The largest absolute Gasteiger partial charge is 0.305 e. The summed E-state index contributed by atoms with van der Waals surface area (Å²) in [5, 5.41) is 2.83. The maximum Gasteiger partial charge on any atom is 0.0769 e. The molecule has 1 aromatic heterocycles. The van der Waals surface area contributed by atoms with Crippen molar-refractivity contribution in [3.63, 3.8) is 0 Å². The SMILES string of the molecule is CN(C)Cc1cccc2c(Cl)c3ccccc3nc12. The van der Waals surface area contributed by atoms with Crippen LogP contribution < -0.4 is 0 Å². The van der Waals surface area contributed by atoms with Gasteiger partial charge in [-0.1, -0.05) is 48.0 Å². The summed E-state index contributed by atoms with van der Waals surface area (Å²) >= 11 is 6.53. The van der Waals surface area contributed by atoms with Gasteiger partial charge in [-0.25, -0.2) is 4.98 Å². The molecule has 0 radical (unpaired) electrons. The Hall–Kier alpha value is -1.64. The molecule has 19 heavy (non-hydrogen) atoms. The molecule has 0 amide bonds. The van der Waals surface area contributed by atoms with Crippen LogP contribution >= 0.6 is 11.6 Å². The summed E-state index contributed by atoms with van der Waals surface area (Å²) in [5.74, 6) is 0. The first-order valence-corrected chi connectivity index (χ1v) is 6.65. The van der Waals surface area contributed by atoms with Gasteiger partial charge in [0.2, 0.25) is 0 Å². The highest BCUT2D eigenvalue weighted by Gasteiger charge is 2.10. The van der Waals surface area contributed by atoms with Crippen molar-refractivity contribution in [1.29, 1.82) is 0 Å². The molecule has 0 saturated carbocycles. The standard InChI is InChI=1S/C16H15ClN2/c1-19(2)10-11-6-5-8-13-15(17)12-7-3-4-9-14(12)18-16(11)13/h3-9H,10H2,1-2H3. The highest BCUT2D eigenvalue weighted by atomic mass is 35.5. The van der Waals surface area contributed by atoms with Crippen LogP contribution in [0, 0.1) is 0 Å². The molecule has 0 aliphatic heterocycles. The van der Waals surface area contributed by atoms with Gasteiger partial charge in [0.15, 0.2) is 0 Å². The summed E-state index contributed by atoms with van der Waals surface area (Å²) < 4.78 is 0. The van der Waals surface area contributed by atoms with Crippen LogP contribution in [0.5, 0.6) is 0 Å². The van der Waals surface area contributed by atoms with E-state index in [0.29, 0.717) is 0 Å². The molecule has 0 saturated heterocycles. The number of hydrogen-bond acceptors (Lipinski definition) is 2. The highest BCUT2D eigenvalue weighted by molar-refractivity contribution is 6.40. The van der Waals surface area contributed by atoms with Gasteiger partial charge in [-0.3, -0.25) is 0 Å². The second-order valence-electron chi connectivity index (χ2n) is 4.99. The van der Waals surface area contributed by atoms with Gasteiger partial charge in [-0.2, -0.15) is 0 Å². The molecule has 2 aromatic carbocycles. The summed E-state index contributed by atoms with van der Waals surface area (Å²) in [4.78, 5) is 6.92. The van der Waals surface area contributed by atoms with Crippen molar-refractivity contribution in [3.05, 3.63) is 53.1 Å². The van der Waals surface area contributed by atoms with E-state index < -0.39 is 0 Å². The summed E-state index contributed by atoms with van der Waals surface area (Å²) in [6, 6.07) is 14.2. The fraction of sp³-hybridized carbons (Fsp3) is 0.188. The third kappa shape index (κ3) is 2.18. The van der Waals surface area contributed by atoms with Crippen LogP contribution in [-0.2, 0) is 6.54 Å². The predicted molar refractivity (Wildman–Crippen MR) is 81.7 cm³/mol. The number of nitrogens with zero attached hydrogens (tertiary/aromatic N) is 2. The Labute approximate surface area is 117 Å². The minimum Gasteiger partial charge on any atom is -0.305 e. The molecule has 0 aliphatic rings. The van der Waals surface area contributed by atoms with E-state index in [9.17, 15) is 0 Å². The van der Waals surface area contributed by atoms with E-state index in [1.165, 1.54) is 5.56 Å². The topological polar surface area (TPSA) is 16.1 Å². The van der Waals surface area contributed by atoms with Gasteiger partial charge in [-0.15, -0.1) is 0 Å². The van der Waals surface area contributed by atoms with Gasteiger partial charge in [0, 0.05) is 17.3 Å². The summed E-state index contributed by atoms with van der Waals surface area (Å²) in [6.07, 6.45) is 0. The smallest absolute Gasteiger partial charge is 0.0769 e. The number of hydrogen-bond donors (Lipinski definition) is 0. The van der Waals surface area contributed by atoms with Crippen molar-refractivity contribution >= 4 is 33.4 Å². The highest BCUT2D eigenvalue weighted by Crippen LogP contribution is 2.31. The molecule has 2 nitrogen and oxygen atoms in total. The van der Waals surface area contributed by atoms with Crippen LogP contribution in [0.15, 0.2) is 42.5 Å². The van der Waals surface area contributed by atoms with Crippen molar-refractivity contribution in [2.45, 2.75) is 6.54 Å². The Morgan fingerprint density at radius 1 is 1.00 bits per heavy atom. The number of benzene rings is 2. The number of halogens is 1. The van der Waals surface area contributed by atoms with E-state index in [-0.39, 0.29) is 0 Å². The maximum atomic E-state index is 6.53. The van der Waals surface area contributed by atoms with E-state index in [4.69, 9.17) is 16.6 Å². The quantitative estimate of drug-likeness (QED) is 0.652. The molecule has 0 spiro atoms. The van der Waals surface area contributed by atoms with Gasteiger partial charge in [0.1, 0.15) is 0 Å². The van der Waals surface area contributed by atoms with Crippen LogP contribution in [-0.4, -0.2) is 24.0 Å². The molecule has 3 heteroatoms. The van der Waals surface area contributed by atoms with Gasteiger partial charge in [-0.05, 0) is 25.7 Å². The Bertz CT molecular complexity index is 750. The number of para-hydroxylation sites is 2. The molecule has 0 bridgehead atoms. The van der Waals surface area contributed by atoms with Gasteiger partial charge >= 0.3 is 0 Å². The predicted octanol–water partition coefficient (Wildman–Crippen LogP) is 4.10. The lowest BCUT2D eigenvalue weighted by Gasteiger charge is -2.13. The molecule has 1 heterocycles. The van der Waals surface area contributed by atoms with Crippen LogP contribution in [0.2, 0.25) is 5.02 Å². The average molecular weight is 271 g/mol. The zero-order chi connectivity index (χ0) is 13.4. The Kier molecular flexibility index (Phi) is 3.13. The first-order valence-electron chi connectivity index (χ1n) is 6.27. The Balaban J connectivity index is 2.37. The fourth-order valence-corrected chi connectivity index (χ4v) is 2.70.